The van der Waals surface area contributed by atoms with Crippen molar-refractivity contribution in [2.45, 2.75) is 13.5 Å². The molecule has 2 aromatic heterocycles. The van der Waals surface area contributed by atoms with Crippen molar-refractivity contribution in [2.24, 2.45) is 0 Å². The van der Waals surface area contributed by atoms with E-state index in [0.717, 1.165) is 5.56 Å². The third-order valence-corrected chi connectivity index (χ3v) is 4.42. The zero-order valence-corrected chi connectivity index (χ0v) is 16.7. The van der Waals surface area contributed by atoms with E-state index < -0.39 is 5.82 Å². The Balaban J connectivity index is 1.47. The Labute approximate surface area is 177 Å². The van der Waals surface area contributed by atoms with Crippen LogP contribution in [0.2, 0.25) is 0 Å². The van der Waals surface area contributed by atoms with Gasteiger partial charge < -0.3 is 19.3 Å². The lowest BCUT2D eigenvalue weighted by Crippen LogP contribution is -2.28. The first kappa shape index (κ1) is 20.3. The maximum atomic E-state index is 13.6. The van der Waals surface area contributed by atoms with Crippen molar-refractivity contribution in [3.63, 3.8) is 0 Å². The maximum absolute atomic E-state index is 13.6. The van der Waals surface area contributed by atoms with Crippen molar-refractivity contribution < 1.29 is 23.2 Å². The maximum Gasteiger partial charge on any atom is 0.265 e. The van der Waals surface area contributed by atoms with E-state index in [0.29, 0.717) is 35.5 Å². The number of benzene rings is 2. The number of aromatic nitrogens is 3. The summed E-state index contributed by atoms with van der Waals surface area (Å²) in [6.45, 7) is 2.44. The molecule has 1 N–H and O–H groups in total. The Kier molecular flexibility index (Phi) is 6.02. The number of rotatable bonds is 8. The van der Waals surface area contributed by atoms with Gasteiger partial charge in [-0.3, -0.25) is 4.79 Å². The molecule has 158 valence electrons. The molecule has 2 heterocycles. The van der Waals surface area contributed by atoms with E-state index >= 15 is 0 Å². The van der Waals surface area contributed by atoms with Crippen molar-refractivity contribution >= 4 is 17.0 Å². The van der Waals surface area contributed by atoms with Crippen molar-refractivity contribution in [2.75, 3.05) is 13.2 Å². The molecule has 0 saturated heterocycles. The van der Waals surface area contributed by atoms with E-state index in [2.05, 4.69) is 20.4 Å². The minimum Gasteiger partial charge on any atom is -0.494 e. The number of nitrogens with one attached hydrogen (secondary N) is 1. The Morgan fingerprint density at radius 1 is 1.13 bits per heavy atom. The van der Waals surface area contributed by atoms with Crippen LogP contribution in [0.5, 0.6) is 11.6 Å². The number of amides is 1. The second kappa shape index (κ2) is 9.21. The van der Waals surface area contributed by atoms with Gasteiger partial charge in [0, 0.05) is 17.7 Å². The second-order valence-corrected chi connectivity index (χ2v) is 6.51. The molecule has 0 atom stereocenters. The monoisotopic (exact) mass is 422 g/mol. The quantitative estimate of drug-likeness (QED) is 0.464. The molecule has 4 rings (SSSR count). The van der Waals surface area contributed by atoms with Gasteiger partial charge in [0.05, 0.1) is 6.61 Å². The topological polar surface area (TPSA) is 99.4 Å². The average molecular weight is 422 g/mol. The predicted octanol–water partition coefficient (Wildman–Crippen LogP) is 3.52. The molecule has 0 saturated carbocycles. The van der Waals surface area contributed by atoms with Crippen molar-refractivity contribution in [1.82, 2.24) is 20.4 Å². The fraction of sp³-hybridized carbons (Fsp3) is 0.182. The van der Waals surface area contributed by atoms with Crippen molar-refractivity contribution in [3.8, 4) is 22.9 Å². The predicted molar refractivity (Wildman–Crippen MR) is 110 cm³/mol. The van der Waals surface area contributed by atoms with Gasteiger partial charge in [0.15, 0.2) is 6.61 Å². The molecule has 1 amide bonds. The highest BCUT2D eigenvalue weighted by atomic mass is 19.1. The molecular formula is C22H19FN4O4. The van der Waals surface area contributed by atoms with Crippen LogP contribution in [0.1, 0.15) is 12.5 Å². The van der Waals surface area contributed by atoms with Gasteiger partial charge in [-0.1, -0.05) is 35.5 Å². The van der Waals surface area contributed by atoms with Crippen LogP contribution < -0.4 is 14.8 Å². The third-order valence-electron chi connectivity index (χ3n) is 4.42. The van der Waals surface area contributed by atoms with Crippen molar-refractivity contribution in [1.29, 1.82) is 0 Å². The van der Waals surface area contributed by atoms with E-state index in [1.165, 1.54) is 18.5 Å². The second-order valence-electron chi connectivity index (χ2n) is 6.51. The lowest BCUT2D eigenvalue weighted by molar-refractivity contribution is -0.123. The number of halogens is 1. The lowest BCUT2D eigenvalue weighted by Gasteiger charge is -2.11. The fourth-order valence-electron chi connectivity index (χ4n) is 3.03. The highest BCUT2D eigenvalue weighted by Gasteiger charge is 2.19. The van der Waals surface area contributed by atoms with Crippen LogP contribution in [-0.2, 0) is 11.3 Å². The largest absolute Gasteiger partial charge is 0.494 e. The standard InChI is InChI=1S/C22H19FN4O4/c1-2-29-17-9-4-3-6-15(17)11-24-18(28)12-30-21-19-20(14-7-5-8-16(23)10-14)27-31-22(19)26-13-25-21/h3-10,13H,2,11-12H2,1H3,(H,24,28). The number of carbonyl (C=O) groups excluding carboxylic acids is 1. The molecule has 2 aromatic carbocycles. The number of hydrogen-bond acceptors (Lipinski definition) is 7. The molecule has 9 heteroatoms. The third kappa shape index (κ3) is 4.61. The molecule has 0 fully saturated rings. The van der Waals surface area contributed by atoms with Gasteiger partial charge in [-0.05, 0) is 25.1 Å². The van der Waals surface area contributed by atoms with Crippen LogP contribution in [0, 0.1) is 5.82 Å². The first-order chi connectivity index (χ1) is 15.2. The normalized spacial score (nSPS) is 10.8. The molecule has 0 aliphatic carbocycles. The van der Waals surface area contributed by atoms with Gasteiger partial charge in [0.2, 0.25) is 5.88 Å². The SMILES string of the molecule is CCOc1ccccc1CNC(=O)COc1ncnc2onc(-c3cccc(F)c3)c12. The highest BCUT2D eigenvalue weighted by molar-refractivity contribution is 5.93. The average Bonchev–Trinajstić information content (AvgIpc) is 3.22. The number of carbonyl (C=O) groups is 1. The minimum atomic E-state index is -0.417. The molecule has 0 aliphatic rings. The van der Waals surface area contributed by atoms with Gasteiger partial charge in [0.25, 0.3) is 11.6 Å². The Bertz CT molecular complexity index is 1210. The number of ether oxygens (including phenoxy) is 2. The van der Waals surface area contributed by atoms with Crippen LogP contribution in [-0.4, -0.2) is 34.2 Å². The summed E-state index contributed by atoms with van der Waals surface area (Å²) < 4.78 is 30.0. The van der Waals surface area contributed by atoms with Gasteiger partial charge in [-0.2, -0.15) is 4.98 Å². The van der Waals surface area contributed by atoms with Crippen molar-refractivity contribution in [3.05, 3.63) is 66.2 Å². The fourth-order valence-corrected chi connectivity index (χ4v) is 3.03. The Morgan fingerprint density at radius 3 is 2.84 bits per heavy atom. The van der Waals surface area contributed by atoms with Crippen LogP contribution in [0.3, 0.4) is 0 Å². The molecule has 31 heavy (non-hydrogen) atoms. The zero-order valence-electron chi connectivity index (χ0n) is 16.7. The molecule has 0 unspecified atom stereocenters. The van der Waals surface area contributed by atoms with Crippen LogP contribution >= 0.6 is 0 Å². The lowest BCUT2D eigenvalue weighted by atomic mass is 10.1. The van der Waals surface area contributed by atoms with Gasteiger partial charge >= 0.3 is 0 Å². The molecule has 8 nitrogen and oxygen atoms in total. The molecule has 0 radical (unpaired) electrons. The van der Waals surface area contributed by atoms with Gasteiger partial charge in [-0.15, -0.1) is 0 Å². The minimum absolute atomic E-state index is 0.121. The summed E-state index contributed by atoms with van der Waals surface area (Å²) in [5, 5.41) is 7.11. The number of para-hydroxylation sites is 1. The van der Waals surface area contributed by atoms with Gasteiger partial charge in [-0.25, -0.2) is 9.37 Å². The molecular weight excluding hydrogens is 403 g/mol. The summed E-state index contributed by atoms with van der Waals surface area (Å²) >= 11 is 0. The number of fused-ring (bicyclic) bond motifs is 1. The van der Waals surface area contributed by atoms with Crippen LogP contribution in [0.25, 0.3) is 22.4 Å². The van der Waals surface area contributed by atoms with Crippen LogP contribution in [0.4, 0.5) is 4.39 Å². The Morgan fingerprint density at radius 2 is 2.00 bits per heavy atom. The molecule has 0 aliphatic heterocycles. The van der Waals surface area contributed by atoms with E-state index in [4.69, 9.17) is 14.0 Å². The van der Waals surface area contributed by atoms with Crippen LogP contribution in [0.15, 0.2) is 59.4 Å². The highest BCUT2D eigenvalue weighted by Crippen LogP contribution is 2.32. The molecule has 0 bridgehead atoms. The van der Waals surface area contributed by atoms with E-state index in [1.807, 2.05) is 31.2 Å². The summed E-state index contributed by atoms with van der Waals surface area (Å²) in [6, 6.07) is 13.3. The Hall–Kier alpha value is -4.01. The number of hydrogen-bond donors (Lipinski definition) is 1. The first-order valence-electron chi connectivity index (χ1n) is 9.62. The zero-order chi connectivity index (χ0) is 21.6. The summed E-state index contributed by atoms with van der Waals surface area (Å²) in [7, 11) is 0. The van der Waals surface area contributed by atoms with E-state index in [-0.39, 0.29) is 24.1 Å². The van der Waals surface area contributed by atoms with E-state index in [9.17, 15) is 9.18 Å². The smallest absolute Gasteiger partial charge is 0.265 e. The summed E-state index contributed by atoms with van der Waals surface area (Å²) in [4.78, 5) is 20.4. The molecule has 0 spiro atoms. The number of nitrogens with zero attached hydrogens (tertiary/aromatic N) is 3. The first-order valence-corrected chi connectivity index (χ1v) is 9.62. The summed E-state index contributed by atoms with van der Waals surface area (Å²) in [6.07, 6.45) is 1.24. The molecule has 4 aromatic rings. The van der Waals surface area contributed by atoms with Gasteiger partial charge in [0.1, 0.15) is 29.0 Å². The van der Waals surface area contributed by atoms with E-state index in [1.54, 1.807) is 12.1 Å². The summed E-state index contributed by atoms with van der Waals surface area (Å²) in [5.74, 6) is 0.0739. The summed E-state index contributed by atoms with van der Waals surface area (Å²) in [5.41, 5.74) is 1.84.